The fourth-order valence-electron chi connectivity index (χ4n) is 3.69. The molecule has 0 radical (unpaired) electrons. The van der Waals surface area contributed by atoms with Gasteiger partial charge < -0.3 is 15.0 Å². The number of rotatable bonds is 8. The van der Waals surface area contributed by atoms with Gasteiger partial charge in [-0.25, -0.2) is 4.79 Å². The highest BCUT2D eigenvalue weighted by atomic mass is 16.5. The number of benzene rings is 1. The van der Waals surface area contributed by atoms with Crippen molar-refractivity contribution in [1.82, 2.24) is 20.0 Å². The Morgan fingerprint density at radius 3 is 2.21 bits per heavy atom. The van der Waals surface area contributed by atoms with E-state index in [0.717, 1.165) is 18.4 Å². The van der Waals surface area contributed by atoms with E-state index >= 15 is 0 Å². The van der Waals surface area contributed by atoms with Gasteiger partial charge in [-0.05, 0) is 46.6 Å². The third-order valence-corrected chi connectivity index (χ3v) is 5.42. The average molecular weight is 403 g/mol. The SMILES string of the molecule is C=C[C@@H](C)[C@H](NC(=O)OCc1ccccc1)C(=O)N1C(N(C)C)CCC1N(C)C. The zero-order valence-corrected chi connectivity index (χ0v) is 18.2. The molecule has 0 saturated carbocycles. The molecule has 2 rings (SSSR count). The van der Waals surface area contributed by atoms with Gasteiger partial charge in [0.15, 0.2) is 0 Å². The second-order valence-corrected chi connectivity index (χ2v) is 7.99. The Hall–Kier alpha value is -2.38. The fraction of sp³-hybridized carbons (Fsp3) is 0.545. The number of hydrogen-bond acceptors (Lipinski definition) is 5. The molecular weight excluding hydrogens is 368 g/mol. The summed E-state index contributed by atoms with van der Waals surface area (Å²) in [6.45, 7) is 5.84. The molecule has 1 aromatic rings. The molecule has 0 bridgehead atoms. The maximum Gasteiger partial charge on any atom is 0.408 e. The quantitative estimate of drug-likeness (QED) is 0.677. The van der Waals surface area contributed by atoms with E-state index in [-0.39, 0.29) is 30.8 Å². The van der Waals surface area contributed by atoms with Crippen molar-refractivity contribution in [2.45, 2.75) is 44.7 Å². The summed E-state index contributed by atoms with van der Waals surface area (Å²) in [6.07, 6.45) is 2.81. The summed E-state index contributed by atoms with van der Waals surface area (Å²) in [5.41, 5.74) is 0.891. The number of ether oxygens (including phenoxy) is 1. The Balaban J connectivity index is 2.14. The first-order valence-corrected chi connectivity index (χ1v) is 10.0. The van der Waals surface area contributed by atoms with Crippen LogP contribution in [-0.2, 0) is 16.1 Å². The van der Waals surface area contributed by atoms with E-state index in [4.69, 9.17) is 4.74 Å². The van der Waals surface area contributed by atoms with Gasteiger partial charge in [-0.3, -0.25) is 14.6 Å². The number of hydrogen-bond donors (Lipinski definition) is 1. The number of nitrogens with one attached hydrogen (secondary N) is 1. The van der Waals surface area contributed by atoms with Gasteiger partial charge in [0.25, 0.3) is 0 Å². The highest BCUT2D eigenvalue weighted by Crippen LogP contribution is 2.28. The third-order valence-electron chi connectivity index (χ3n) is 5.42. The molecule has 1 aromatic carbocycles. The molecule has 1 fully saturated rings. The lowest BCUT2D eigenvalue weighted by Crippen LogP contribution is -2.59. The maximum atomic E-state index is 13.5. The van der Waals surface area contributed by atoms with E-state index in [0.29, 0.717) is 0 Å². The number of alkyl carbamates (subject to hydrolysis) is 1. The van der Waals surface area contributed by atoms with Crippen molar-refractivity contribution in [3.05, 3.63) is 48.6 Å². The molecule has 0 aliphatic carbocycles. The molecular formula is C22H34N4O3. The molecule has 160 valence electrons. The van der Waals surface area contributed by atoms with E-state index in [9.17, 15) is 9.59 Å². The van der Waals surface area contributed by atoms with E-state index in [1.807, 2.05) is 80.1 Å². The topological polar surface area (TPSA) is 65.1 Å². The number of amides is 2. The largest absolute Gasteiger partial charge is 0.445 e. The van der Waals surface area contributed by atoms with Crippen molar-refractivity contribution >= 4 is 12.0 Å². The van der Waals surface area contributed by atoms with Crippen LogP contribution in [0, 0.1) is 5.92 Å². The Morgan fingerprint density at radius 2 is 1.72 bits per heavy atom. The van der Waals surface area contributed by atoms with Gasteiger partial charge in [-0.15, -0.1) is 6.58 Å². The third kappa shape index (κ3) is 5.81. The van der Waals surface area contributed by atoms with Gasteiger partial charge in [0.05, 0.1) is 12.3 Å². The Morgan fingerprint density at radius 1 is 1.17 bits per heavy atom. The van der Waals surface area contributed by atoms with Gasteiger partial charge in [0.2, 0.25) is 5.91 Å². The van der Waals surface area contributed by atoms with Gasteiger partial charge in [-0.1, -0.05) is 43.3 Å². The van der Waals surface area contributed by atoms with Crippen molar-refractivity contribution in [3.8, 4) is 0 Å². The average Bonchev–Trinajstić information content (AvgIpc) is 3.16. The first-order chi connectivity index (χ1) is 13.8. The summed E-state index contributed by atoms with van der Waals surface area (Å²) >= 11 is 0. The summed E-state index contributed by atoms with van der Waals surface area (Å²) in [4.78, 5) is 31.9. The zero-order valence-electron chi connectivity index (χ0n) is 18.2. The van der Waals surface area contributed by atoms with E-state index in [2.05, 4.69) is 11.9 Å². The van der Waals surface area contributed by atoms with Crippen LogP contribution >= 0.6 is 0 Å². The van der Waals surface area contributed by atoms with Crippen LogP contribution in [0.15, 0.2) is 43.0 Å². The van der Waals surface area contributed by atoms with Crippen molar-refractivity contribution in [2.75, 3.05) is 28.2 Å². The molecule has 1 aliphatic heterocycles. The lowest BCUT2D eigenvalue weighted by molar-refractivity contribution is -0.143. The van der Waals surface area contributed by atoms with Crippen LogP contribution in [0.1, 0.15) is 25.3 Å². The molecule has 2 amide bonds. The standard InChI is InChI=1S/C22H34N4O3/c1-7-16(2)20(23-22(28)29-15-17-11-9-8-10-12-17)21(27)26-18(24(3)4)13-14-19(26)25(5)6/h7-12,16,18-20H,1,13-15H2,2-6H3,(H,23,28)/t16-,18?,19?,20+/m1/s1. The molecule has 4 atom stereocenters. The normalized spacial score (nSPS) is 21.1. The Kier molecular flexibility index (Phi) is 8.22. The van der Waals surface area contributed by atoms with Gasteiger partial charge in [-0.2, -0.15) is 0 Å². The van der Waals surface area contributed by atoms with Crippen LogP contribution in [0.2, 0.25) is 0 Å². The highest BCUT2D eigenvalue weighted by molar-refractivity contribution is 5.87. The first-order valence-electron chi connectivity index (χ1n) is 10.0. The summed E-state index contributed by atoms with van der Waals surface area (Å²) in [6, 6.07) is 8.71. The number of likely N-dealkylation sites (tertiary alicyclic amines) is 1. The molecule has 7 nitrogen and oxygen atoms in total. The number of carbonyl (C=O) groups excluding carboxylic acids is 2. The fourth-order valence-corrected chi connectivity index (χ4v) is 3.69. The minimum absolute atomic E-state index is 0.0171. The summed E-state index contributed by atoms with van der Waals surface area (Å²) in [5, 5.41) is 2.77. The van der Waals surface area contributed by atoms with Crippen molar-refractivity contribution in [1.29, 1.82) is 0 Å². The van der Waals surface area contributed by atoms with Crippen LogP contribution in [0.3, 0.4) is 0 Å². The number of carbonyl (C=O) groups is 2. The molecule has 1 N–H and O–H groups in total. The van der Waals surface area contributed by atoms with Crippen molar-refractivity contribution < 1.29 is 14.3 Å². The number of nitrogens with zero attached hydrogens (tertiary/aromatic N) is 3. The zero-order chi connectivity index (χ0) is 21.6. The van der Waals surface area contributed by atoms with E-state index in [1.165, 1.54) is 0 Å². The Bertz CT molecular complexity index is 677. The highest BCUT2D eigenvalue weighted by Gasteiger charge is 2.43. The molecule has 29 heavy (non-hydrogen) atoms. The van der Waals surface area contributed by atoms with Crippen LogP contribution in [0.5, 0.6) is 0 Å². The molecule has 1 aliphatic rings. The molecule has 7 heteroatoms. The predicted octanol–water partition coefficient (Wildman–Crippen LogP) is 2.50. The van der Waals surface area contributed by atoms with E-state index in [1.54, 1.807) is 6.08 Å². The summed E-state index contributed by atoms with van der Waals surface area (Å²) < 4.78 is 5.34. The second kappa shape index (κ2) is 10.4. The first kappa shape index (κ1) is 22.9. The van der Waals surface area contributed by atoms with Crippen molar-refractivity contribution in [3.63, 3.8) is 0 Å². The molecule has 2 unspecified atom stereocenters. The van der Waals surface area contributed by atoms with Gasteiger partial charge >= 0.3 is 6.09 Å². The minimum atomic E-state index is -0.737. The molecule has 0 spiro atoms. The lowest BCUT2D eigenvalue weighted by Gasteiger charge is -2.39. The van der Waals surface area contributed by atoms with Gasteiger partial charge in [0, 0.05) is 5.92 Å². The molecule has 1 saturated heterocycles. The molecule has 1 heterocycles. The predicted molar refractivity (Wildman–Crippen MR) is 114 cm³/mol. The lowest BCUT2D eigenvalue weighted by atomic mass is 10.0. The second-order valence-electron chi connectivity index (χ2n) is 7.99. The summed E-state index contributed by atoms with van der Waals surface area (Å²) in [5.74, 6) is -0.359. The van der Waals surface area contributed by atoms with Gasteiger partial charge in [0.1, 0.15) is 12.6 Å². The van der Waals surface area contributed by atoms with Crippen molar-refractivity contribution in [2.24, 2.45) is 5.92 Å². The maximum absolute atomic E-state index is 13.5. The van der Waals surface area contributed by atoms with Crippen LogP contribution in [0.25, 0.3) is 0 Å². The smallest absolute Gasteiger partial charge is 0.408 e. The van der Waals surface area contributed by atoms with Crippen LogP contribution < -0.4 is 5.32 Å². The molecule has 0 aromatic heterocycles. The van der Waals surface area contributed by atoms with Crippen LogP contribution in [0.4, 0.5) is 4.79 Å². The summed E-state index contributed by atoms with van der Waals surface area (Å²) in [7, 11) is 7.87. The van der Waals surface area contributed by atoms with E-state index < -0.39 is 12.1 Å². The monoisotopic (exact) mass is 402 g/mol. The minimum Gasteiger partial charge on any atom is -0.445 e. The Labute approximate surface area is 174 Å². The van der Waals surface area contributed by atoms with Crippen LogP contribution in [-0.4, -0.2) is 73.3 Å².